The summed E-state index contributed by atoms with van der Waals surface area (Å²) in [4.78, 5) is 0. The highest BCUT2D eigenvalue weighted by atomic mass is 79.9. The molecule has 0 unspecified atom stereocenters. The van der Waals surface area contributed by atoms with Crippen LogP contribution in [0, 0.1) is 0 Å². The quantitative estimate of drug-likeness (QED) is 0.696. The van der Waals surface area contributed by atoms with Crippen LogP contribution < -0.4 is 0 Å². The predicted octanol–water partition coefficient (Wildman–Crippen LogP) is 4.38. The second-order valence-corrected chi connectivity index (χ2v) is 5.82. The van der Waals surface area contributed by atoms with E-state index in [4.69, 9.17) is 9.05 Å². The van der Waals surface area contributed by atoms with Crippen molar-refractivity contribution < 1.29 is 9.05 Å². The topological polar surface area (TPSA) is 18.5 Å². The van der Waals surface area contributed by atoms with Crippen molar-refractivity contribution in [1.29, 1.82) is 0 Å². The molecule has 1 rings (SSSR count). The first kappa shape index (κ1) is 14.1. The van der Waals surface area contributed by atoms with E-state index in [1.165, 1.54) is 5.56 Å². The Morgan fingerprint density at radius 2 is 1.88 bits per heavy atom. The molecule has 0 fully saturated rings. The van der Waals surface area contributed by atoms with Crippen molar-refractivity contribution in [2.75, 3.05) is 19.4 Å². The first-order valence-corrected chi connectivity index (χ1v) is 7.69. The SMILES string of the molecule is CCOP(CCc1cccc(Br)c1)OCC. The minimum absolute atomic E-state index is 0.709. The highest BCUT2D eigenvalue weighted by Gasteiger charge is 2.08. The van der Waals surface area contributed by atoms with Crippen LogP contribution in [-0.4, -0.2) is 19.4 Å². The molecule has 0 bridgehead atoms. The lowest BCUT2D eigenvalue weighted by atomic mass is 10.2. The van der Waals surface area contributed by atoms with E-state index in [0.717, 1.165) is 30.3 Å². The highest BCUT2D eigenvalue weighted by molar-refractivity contribution is 9.10. The zero-order chi connectivity index (χ0) is 11.8. The van der Waals surface area contributed by atoms with Crippen LogP contribution in [0.3, 0.4) is 0 Å². The van der Waals surface area contributed by atoms with Gasteiger partial charge in [-0.15, -0.1) is 0 Å². The van der Waals surface area contributed by atoms with Crippen LogP contribution in [0.4, 0.5) is 0 Å². The van der Waals surface area contributed by atoms with Gasteiger partial charge in [-0.2, -0.15) is 0 Å². The molecule has 0 aliphatic heterocycles. The summed E-state index contributed by atoms with van der Waals surface area (Å²) in [6, 6.07) is 8.38. The fraction of sp³-hybridized carbons (Fsp3) is 0.500. The van der Waals surface area contributed by atoms with Crippen LogP contribution in [0.25, 0.3) is 0 Å². The molecule has 1 aromatic carbocycles. The van der Waals surface area contributed by atoms with E-state index in [1.807, 2.05) is 19.9 Å². The van der Waals surface area contributed by atoms with Crippen LogP contribution in [0.2, 0.25) is 0 Å². The van der Waals surface area contributed by atoms with E-state index in [9.17, 15) is 0 Å². The first-order valence-electron chi connectivity index (χ1n) is 5.54. The molecule has 90 valence electrons. The zero-order valence-electron chi connectivity index (χ0n) is 9.78. The molecule has 4 heteroatoms. The zero-order valence-corrected chi connectivity index (χ0v) is 12.3. The molecular weight excluding hydrogens is 287 g/mol. The van der Waals surface area contributed by atoms with Crippen molar-refractivity contribution in [3.05, 3.63) is 34.3 Å². The fourth-order valence-electron chi connectivity index (χ4n) is 1.37. The Morgan fingerprint density at radius 1 is 1.19 bits per heavy atom. The first-order chi connectivity index (χ1) is 7.76. The molecule has 2 nitrogen and oxygen atoms in total. The normalized spacial score (nSPS) is 11.0. The molecule has 0 N–H and O–H groups in total. The van der Waals surface area contributed by atoms with E-state index in [1.54, 1.807) is 0 Å². The largest absolute Gasteiger partial charge is 0.334 e. The summed E-state index contributed by atoms with van der Waals surface area (Å²) >= 11 is 3.47. The maximum atomic E-state index is 5.57. The van der Waals surface area contributed by atoms with E-state index in [-0.39, 0.29) is 0 Å². The van der Waals surface area contributed by atoms with Crippen LogP contribution >= 0.6 is 24.3 Å². The summed E-state index contributed by atoms with van der Waals surface area (Å²) in [7, 11) is -0.709. The molecule has 1 aromatic rings. The van der Waals surface area contributed by atoms with Crippen LogP contribution in [-0.2, 0) is 15.5 Å². The molecule has 0 radical (unpaired) electrons. The molecule has 0 heterocycles. The average molecular weight is 305 g/mol. The average Bonchev–Trinajstić information content (AvgIpc) is 2.27. The van der Waals surface area contributed by atoms with Crippen molar-refractivity contribution in [1.82, 2.24) is 0 Å². The molecule has 0 aliphatic rings. The minimum atomic E-state index is -0.709. The van der Waals surface area contributed by atoms with Crippen LogP contribution in [0.1, 0.15) is 19.4 Å². The fourth-order valence-corrected chi connectivity index (χ4v) is 3.16. The minimum Gasteiger partial charge on any atom is -0.334 e. The van der Waals surface area contributed by atoms with Gasteiger partial charge in [0.15, 0.2) is 8.38 Å². The number of aryl methyl sites for hydroxylation is 1. The Kier molecular flexibility index (Phi) is 7.22. The Bertz CT molecular complexity index is 301. The third-order valence-electron chi connectivity index (χ3n) is 2.02. The number of halogens is 1. The Hall–Kier alpha value is 0.0500. The molecule has 0 saturated heterocycles. The van der Waals surface area contributed by atoms with Gasteiger partial charge in [0.25, 0.3) is 0 Å². The van der Waals surface area contributed by atoms with Gasteiger partial charge >= 0.3 is 0 Å². The van der Waals surface area contributed by atoms with Gasteiger partial charge in [-0.1, -0.05) is 28.1 Å². The molecule has 0 amide bonds. The third kappa shape index (κ3) is 5.40. The molecule has 0 atom stereocenters. The van der Waals surface area contributed by atoms with Crippen LogP contribution in [0.15, 0.2) is 28.7 Å². The summed E-state index contributed by atoms with van der Waals surface area (Å²) in [5, 5.41) is 0. The summed E-state index contributed by atoms with van der Waals surface area (Å²) < 4.78 is 12.3. The van der Waals surface area contributed by atoms with Gasteiger partial charge in [0.1, 0.15) is 0 Å². The Labute approximate surface area is 107 Å². The molecule has 0 saturated carbocycles. The molecule has 0 aliphatic carbocycles. The number of benzene rings is 1. The van der Waals surface area contributed by atoms with E-state index in [0.29, 0.717) is 0 Å². The van der Waals surface area contributed by atoms with Gasteiger partial charge in [-0.25, -0.2) is 0 Å². The van der Waals surface area contributed by atoms with Gasteiger partial charge in [0.2, 0.25) is 0 Å². The number of hydrogen-bond acceptors (Lipinski definition) is 2. The Balaban J connectivity index is 2.41. The molecule has 16 heavy (non-hydrogen) atoms. The molecule has 0 spiro atoms. The van der Waals surface area contributed by atoms with Gasteiger partial charge < -0.3 is 9.05 Å². The standard InChI is InChI=1S/C12H18BrO2P/c1-3-14-16(15-4-2)9-8-11-6-5-7-12(13)10-11/h5-7,10H,3-4,8-9H2,1-2H3. The second-order valence-electron chi connectivity index (χ2n) is 3.27. The Morgan fingerprint density at radius 3 is 2.44 bits per heavy atom. The van der Waals surface area contributed by atoms with Gasteiger partial charge in [0, 0.05) is 10.6 Å². The second kappa shape index (κ2) is 8.19. The third-order valence-corrected chi connectivity index (χ3v) is 4.19. The van der Waals surface area contributed by atoms with E-state index < -0.39 is 8.38 Å². The summed E-state index contributed by atoms with van der Waals surface area (Å²) in [6.45, 7) is 5.47. The maximum Gasteiger partial charge on any atom is 0.170 e. The summed E-state index contributed by atoms with van der Waals surface area (Å²) in [6.07, 6.45) is 1.97. The van der Waals surface area contributed by atoms with Gasteiger partial charge in [-0.3, -0.25) is 0 Å². The van der Waals surface area contributed by atoms with Crippen molar-refractivity contribution >= 4 is 24.3 Å². The van der Waals surface area contributed by atoms with Gasteiger partial charge in [-0.05, 0) is 38.0 Å². The lowest BCUT2D eigenvalue weighted by Crippen LogP contribution is -1.98. The highest BCUT2D eigenvalue weighted by Crippen LogP contribution is 2.38. The van der Waals surface area contributed by atoms with Gasteiger partial charge in [0.05, 0.1) is 13.2 Å². The summed E-state index contributed by atoms with van der Waals surface area (Å²) in [5.74, 6) is 0. The van der Waals surface area contributed by atoms with Crippen molar-refractivity contribution in [3.63, 3.8) is 0 Å². The monoisotopic (exact) mass is 304 g/mol. The number of rotatable bonds is 7. The van der Waals surface area contributed by atoms with Crippen LogP contribution in [0.5, 0.6) is 0 Å². The lowest BCUT2D eigenvalue weighted by Gasteiger charge is -2.15. The van der Waals surface area contributed by atoms with Crippen molar-refractivity contribution in [2.24, 2.45) is 0 Å². The maximum absolute atomic E-state index is 5.57. The predicted molar refractivity (Wildman–Crippen MR) is 72.9 cm³/mol. The number of hydrogen-bond donors (Lipinski definition) is 0. The lowest BCUT2D eigenvalue weighted by molar-refractivity contribution is 0.269. The smallest absolute Gasteiger partial charge is 0.170 e. The van der Waals surface area contributed by atoms with Crippen molar-refractivity contribution in [2.45, 2.75) is 20.3 Å². The van der Waals surface area contributed by atoms with E-state index >= 15 is 0 Å². The van der Waals surface area contributed by atoms with Crippen molar-refractivity contribution in [3.8, 4) is 0 Å². The molecular formula is C12H18BrO2P. The summed E-state index contributed by atoms with van der Waals surface area (Å²) in [5.41, 5.74) is 1.32. The van der Waals surface area contributed by atoms with E-state index in [2.05, 4.69) is 34.1 Å². The molecule has 0 aromatic heterocycles.